The molecule has 0 aliphatic carbocycles. The van der Waals surface area contributed by atoms with Gasteiger partial charge in [0.2, 0.25) is 0 Å². The van der Waals surface area contributed by atoms with Crippen LogP contribution in [0.25, 0.3) is 0 Å². The van der Waals surface area contributed by atoms with Gasteiger partial charge in [-0.2, -0.15) is 11.3 Å². The fraction of sp³-hybridized carbons (Fsp3) is 0.286. The number of nitrogens with one attached hydrogen (secondary N) is 1. The van der Waals surface area contributed by atoms with Crippen LogP contribution in [0, 0.1) is 11.6 Å². The largest absolute Gasteiger partial charge is 0.503 e. The minimum atomic E-state index is -0.928. The second-order valence-electron chi connectivity index (χ2n) is 4.53. The third-order valence-electron chi connectivity index (χ3n) is 2.85. The Bertz CT molecular complexity index is 519. The molecule has 1 aromatic carbocycles. The van der Waals surface area contributed by atoms with Crippen molar-refractivity contribution < 1.29 is 13.9 Å². The molecule has 0 radical (unpaired) electrons. The van der Waals surface area contributed by atoms with Gasteiger partial charge >= 0.3 is 0 Å². The van der Waals surface area contributed by atoms with Crippen molar-refractivity contribution in [2.45, 2.75) is 25.9 Å². The number of hydrogen-bond acceptors (Lipinski definition) is 3. The normalized spacial score (nSPS) is 12.6. The smallest absolute Gasteiger partial charge is 0.187 e. The summed E-state index contributed by atoms with van der Waals surface area (Å²) in [6.07, 6.45) is 0.868. The lowest BCUT2D eigenvalue weighted by molar-refractivity contribution is 0.394. The summed E-state index contributed by atoms with van der Waals surface area (Å²) in [4.78, 5) is 0. The maximum absolute atomic E-state index is 13.2. The van der Waals surface area contributed by atoms with E-state index in [0.717, 1.165) is 18.6 Å². The number of phenols is 1. The zero-order valence-corrected chi connectivity index (χ0v) is 11.3. The molecule has 0 bridgehead atoms. The number of benzene rings is 1. The van der Waals surface area contributed by atoms with Crippen molar-refractivity contribution in [1.29, 1.82) is 0 Å². The van der Waals surface area contributed by atoms with E-state index in [1.807, 2.05) is 12.3 Å². The van der Waals surface area contributed by atoms with E-state index in [1.165, 1.54) is 5.56 Å². The Morgan fingerprint density at radius 1 is 1.26 bits per heavy atom. The van der Waals surface area contributed by atoms with Gasteiger partial charge in [0.25, 0.3) is 0 Å². The van der Waals surface area contributed by atoms with Gasteiger partial charge < -0.3 is 10.4 Å². The molecule has 19 heavy (non-hydrogen) atoms. The number of rotatable bonds is 5. The summed E-state index contributed by atoms with van der Waals surface area (Å²) in [7, 11) is 0. The van der Waals surface area contributed by atoms with E-state index in [0.29, 0.717) is 12.1 Å². The van der Waals surface area contributed by atoms with Gasteiger partial charge in [-0.25, -0.2) is 8.78 Å². The Morgan fingerprint density at radius 3 is 2.53 bits per heavy atom. The van der Waals surface area contributed by atoms with Gasteiger partial charge in [0.1, 0.15) is 0 Å². The highest BCUT2D eigenvalue weighted by Crippen LogP contribution is 2.21. The first-order chi connectivity index (χ1) is 9.06. The maximum atomic E-state index is 13.2. The first kappa shape index (κ1) is 14.0. The molecule has 2 nitrogen and oxygen atoms in total. The molecule has 2 aromatic rings. The van der Waals surface area contributed by atoms with Gasteiger partial charge in [0, 0.05) is 12.6 Å². The number of hydrogen-bond donors (Lipinski definition) is 2. The van der Waals surface area contributed by atoms with E-state index in [9.17, 15) is 8.78 Å². The van der Waals surface area contributed by atoms with Crippen LogP contribution in [0.2, 0.25) is 0 Å². The average molecular weight is 283 g/mol. The van der Waals surface area contributed by atoms with Crippen molar-refractivity contribution in [3.63, 3.8) is 0 Å². The summed E-state index contributed by atoms with van der Waals surface area (Å²) < 4.78 is 26.3. The number of phenolic OH excluding ortho intramolecular Hbond substituents is 1. The lowest BCUT2D eigenvalue weighted by Crippen LogP contribution is -2.27. The van der Waals surface area contributed by atoms with E-state index in [4.69, 9.17) is 5.11 Å². The quantitative estimate of drug-likeness (QED) is 0.881. The molecule has 0 aliphatic heterocycles. The highest BCUT2D eigenvalue weighted by atomic mass is 32.1. The molecule has 0 saturated carbocycles. The standard InChI is InChI=1S/C14H15F2NOS/c1-9(4-10-2-3-19-8-10)17-7-11-5-12(15)14(18)13(16)6-11/h2-3,5-6,8-9,17-18H,4,7H2,1H3. The number of aromatic hydroxyl groups is 1. The van der Waals surface area contributed by atoms with Crippen molar-refractivity contribution in [2.75, 3.05) is 0 Å². The fourth-order valence-corrected chi connectivity index (χ4v) is 2.53. The van der Waals surface area contributed by atoms with Gasteiger partial charge in [0.15, 0.2) is 17.4 Å². The molecular formula is C14H15F2NOS. The molecule has 0 aliphatic rings. The van der Waals surface area contributed by atoms with Crippen molar-refractivity contribution >= 4 is 11.3 Å². The Balaban J connectivity index is 1.91. The predicted octanol–water partition coefficient (Wildman–Crippen LogP) is 3.45. The van der Waals surface area contributed by atoms with Crippen LogP contribution in [0.4, 0.5) is 8.78 Å². The third-order valence-corrected chi connectivity index (χ3v) is 3.59. The summed E-state index contributed by atoms with van der Waals surface area (Å²) in [6.45, 7) is 2.38. The van der Waals surface area contributed by atoms with Crippen LogP contribution >= 0.6 is 11.3 Å². The van der Waals surface area contributed by atoms with Gasteiger partial charge in [0.05, 0.1) is 0 Å². The van der Waals surface area contributed by atoms with Crippen LogP contribution in [0.15, 0.2) is 29.0 Å². The molecule has 2 rings (SSSR count). The van der Waals surface area contributed by atoms with Gasteiger partial charge in [-0.15, -0.1) is 0 Å². The Labute approximate surface area is 114 Å². The minimum Gasteiger partial charge on any atom is -0.503 e. The van der Waals surface area contributed by atoms with Crippen molar-refractivity contribution in [1.82, 2.24) is 5.32 Å². The monoisotopic (exact) mass is 283 g/mol. The molecule has 102 valence electrons. The molecule has 0 fully saturated rings. The van der Waals surface area contributed by atoms with Crippen molar-refractivity contribution in [2.24, 2.45) is 0 Å². The lowest BCUT2D eigenvalue weighted by Gasteiger charge is -2.13. The van der Waals surface area contributed by atoms with E-state index >= 15 is 0 Å². The van der Waals surface area contributed by atoms with Gasteiger partial charge in [-0.3, -0.25) is 0 Å². The molecule has 0 amide bonds. The van der Waals surface area contributed by atoms with Crippen LogP contribution in [0.3, 0.4) is 0 Å². The third kappa shape index (κ3) is 3.75. The molecule has 1 heterocycles. The number of thiophene rings is 1. The lowest BCUT2D eigenvalue weighted by atomic mass is 10.1. The van der Waals surface area contributed by atoms with Crippen molar-refractivity contribution in [3.05, 3.63) is 51.7 Å². The number of halogens is 2. The highest BCUT2D eigenvalue weighted by molar-refractivity contribution is 7.07. The van der Waals surface area contributed by atoms with E-state index in [1.54, 1.807) is 11.3 Å². The van der Waals surface area contributed by atoms with E-state index < -0.39 is 17.4 Å². The fourth-order valence-electron chi connectivity index (χ4n) is 1.85. The Morgan fingerprint density at radius 2 is 1.95 bits per heavy atom. The predicted molar refractivity (Wildman–Crippen MR) is 72.3 cm³/mol. The minimum absolute atomic E-state index is 0.203. The maximum Gasteiger partial charge on any atom is 0.187 e. The summed E-state index contributed by atoms with van der Waals surface area (Å²) in [5.41, 5.74) is 1.72. The molecular weight excluding hydrogens is 268 g/mol. The van der Waals surface area contributed by atoms with Crippen LogP contribution in [0.5, 0.6) is 5.75 Å². The molecule has 1 unspecified atom stereocenters. The Kier molecular flexibility index (Phi) is 4.50. The summed E-state index contributed by atoms with van der Waals surface area (Å²) in [6, 6.07) is 4.54. The molecule has 2 N–H and O–H groups in total. The Hall–Kier alpha value is -1.46. The molecule has 1 atom stereocenters. The summed E-state index contributed by atoms with van der Waals surface area (Å²) in [5, 5.41) is 16.3. The first-order valence-corrected chi connectivity index (χ1v) is 6.92. The van der Waals surface area contributed by atoms with Crippen LogP contribution in [0.1, 0.15) is 18.1 Å². The van der Waals surface area contributed by atoms with Crippen LogP contribution < -0.4 is 5.32 Å². The summed E-state index contributed by atoms with van der Waals surface area (Å²) in [5.74, 6) is -2.78. The van der Waals surface area contributed by atoms with Crippen molar-refractivity contribution in [3.8, 4) is 5.75 Å². The molecule has 0 saturated heterocycles. The second-order valence-corrected chi connectivity index (χ2v) is 5.31. The second kappa shape index (κ2) is 6.12. The van der Waals surface area contributed by atoms with Crippen LogP contribution in [-0.4, -0.2) is 11.1 Å². The topological polar surface area (TPSA) is 32.3 Å². The highest BCUT2D eigenvalue weighted by Gasteiger charge is 2.10. The molecule has 1 aromatic heterocycles. The zero-order valence-electron chi connectivity index (χ0n) is 10.5. The van der Waals surface area contributed by atoms with Gasteiger partial charge in [-0.1, -0.05) is 0 Å². The average Bonchev–Trinajstić information content (AvgIpc) is 2.86. The van der Waals surface area contributed by atoms with Crippen LogP contribution in [-0.2, 0) is 13.0 Å². The molecule has 5 heteroatoms. The zero-order chi connectivity index (χ0) is 13.8. The first-order valence-electron chi connectivity index (χ1n) is 5.97. The SMILES string of the molecule is CC(Cc1ccsc1)NCc1cc(F)c(O)c(F)c1. The van der Waals surface area contributed by atoms with Gasteiger partial charge in [-0.05, 0) is 53.4 Å². The molecule has 0 spiro atoms. The van der Waals surface area contributed by atoms with E-state index in [2.05, 4.69) is 16.8 Å². The van der Waals surface area contributed by atoms with E-state index in [-0.39, 0.29) is 6.04 Å². The summed E-state index contributed by atoms with van der Waals surface area (Å²) >= 11 is 1.65.